The number of fused-ring (bicyclic) bond motifs is 3. The molecule has 7 nitrogen and oxygen atoms in total. The van der Waals surface area contributed by atoms with Gasteiger partial charge in [0.2, 0.25) is 11.2 Å². The number of nitrogens with zero attached hydrogens (tertiary/aromatic N) is 1. The monoisotopic (exact) mass is 397 g/mol. The Labute approximate surface area is 168 Å². The minimum atomic E-state index is -0.219. The minimum Gasteiger partial charge on any atom is -0.497 e. The molecule has 0 atom stereocenters. The Morgan fingerprint density at radius 3 is 2.76 bits per heavy atom. The summed E-state index contributed by atoms with van der Waals surface area (Å²) in [6, 6.07) is 10.6. The maximum absolute atomic E-state index is 13.2. The van der Waals surface area contributed by atoms with Crippen molar-refractivity contribution >= 4 is 11.0 Å². The van der Waals surface area contributed by atoms with Crippen LogP contribution < -0.4 is 19.6 Å². The van der Waals surface area contributed by atoms with Crippen LogP contribution in [0.2, 0.25) is 0 Å². The van der Waals surface area contributed by atoms with E-state index < -0.39 is 0 Å². The molecule has 2 aromatic carbocycles. The van der Waals surface area contributed by atoms with E-state index in [1.165, 1.54) is 0 Å². The second-order valence-corrected chi connectivity index (χ2v) is 6.84. The van der Waals surface area contributed by atoms with Crippen molar-refractivity contribution in [2.75, 3.05) is 34.1 Å². The molecular weight excluding hydrogens is 374 g/mol. The number of hydrogen-bond acceptors (Lipinski definition) is 7. The Bertz CT molecular complexity index is 1090. The lowest BCUT2D eigenvalue weighted by atomic mass is 10.1. The first kappa shape index (κ1) is 19.3. The van der Waals surface area contributed by atoms with Crippen molar-refractivity contribution in [3.63, 3.8) is 0 Å². The molecule has 0 saturated heterocycles. The van der Waals surface area contributed by atoms with Crippen LogP contribution in [-0.4, -0.2) is 39.0 Å². The molecule has 1 aromatic heterocycles. The number of methoxy groups -OCH3 is 2. The first-order valence-electron chi connectivity index (χ1n) is 9.36. The molecule has 1 aliphatic rings. The number of aryl methyl sites for hydroxylation is 1. The molecule has 3 aromatic rings. The van der Waals surface area contributed by atoms with Crippen molar-refractivity contribution in [1.82, 2.24) is 4.90 Å². The summed E-state index contributed by atoms with van der Waals surface area (Å²) in [5, 5.41) is 0.462. The van der Waals surface area contributed by atoms with Crippen LogP contribution in [0.25, 0.3) is 11.0 Å². The Morgan fingerprint density at radius 2 is 1.97 bits per heavy atom. The minimum absolute atomic E-state index is 0.165. The highest BCUT2D eigenvalue weighted by Gasteiger charge is 2.24. The Hall–Kier alpha value is -3.03. The third kappa shape index (κ3) is 3.79. The third-order valence-corrected chi connectivity index (χ3v) is 4.90. The van der Waals surface area contributed by atoms with Crippen molar-refractivity contribution in [2.45, 2.75) is 13.5 Å². The first-order valence-corrected chi connectivity index (χ1v) is 9.36. The summed E-state index contributed by atoms with van der Waals surface area (Å²) < 4.78 is 28.1. The van der Waals surface area contributed by atoms with Crippen LogP contribution in [0.4, 0.5) is 0 Å². The Morgan fingerprint density at radius 1 is 1.14 bits per heavy atom. The van der Waals surface area contributed by atoms with Gasteiger partial charge in [0.25, 0.3) is 0 Å². The molecule has 7 heteroatoms. The van der Waals surface area contributed by atoms with E-state index in [1.807, 2.05) is 12.1 Å². The van der Waals surface area contributed by atoms with Crippen LogP contribution in [-0.2, 0) is 11.3 Å². The third-order valence-electron chi connectivity index (χ3n) is 4.90. The molecule has 0 amide bonds. The summed E-state index contributed by atoms with van der Waals surface area (Å²) in [6.07, 6.45) is 0. The molecule has 0 radical (unpaired) electrons. The number of benzene rings is 2. The molecule has 4 rings (SSSR count). The lowest BCUT2D eigenvalue weighted by Crippen LogP contribution is -2.34. The zero-order valence-electron chi connectivity index (χ0n) is 16.7. The fourth-order valence-electron chi connectivity index (χ4n) is 3.37. The van der Waals surface area contributed by atoms with E-state index in [2.05, 4.69) is 4.90 Å². The van der Waals surface area contributed by atoms with Gasteiger partial charge in [-0.1, -0.05) is 6.07 Å². The van der Waals surface area contributed by atoms with E-state index in [4.69, 9.17) is 23.4 Å². The van der Waals surface area contributed by atoms with E-state index in [0.717, 1.165) is 17.9 Å². The lowest BCUT2D eigenvalue weighted by molar-refractivity contribution is 0.0658. The summed E-state index contributed by atoms with van der Waals surface area (Å²) in [4.78, 5) is 15.3. The highest BCUT2D eigenvalue weighted by atomic mass is 16.5. The quantitative estimate of drug-likeness (QED) is 0.628. The van der Waals surface area contributed by atoms with Crippen molar-refractivity contribution in [2.24, 2.45) is 0 Å². The maximum atomic E-state index is 13.2. The van der Waals surface area contributed by atoms with E-state index in [-0.39, 0.29) is 11.2 Å². The summed E-state index contributed by atoms with van der Waals surface area (Å²) in [5.41, 5.74) is 1.17. The summed E-state index contributed by atoms with van der Waals surface area (Å²) in [5.74, 6) is 2.46. The molecule has 0 saturated carbocycles. The van der Waals surface area contributed by atoms with Crippen molar-refractivity contribution in [3.8, 4) is 23.0 Å². The smallest absolute Gasteiger partial charge is 0.235 e. The Kier molecular flexibility index (Phi) is 5.42. The lowest BCUT2D eigenvalue weighted by Gasteiger charge is -2.29. The van der Waals surface area contributed by atoms with Crippen molar-refractivity contribution in [3.05, 3.63) is 57.9 Å². The molecule has 2 heterocycles. The molecule has 29 heavy (non-hydrogen) atoms. The fraction of sp³-hybridized carbons (Fsp3) is 0.318. The van der Waals surface area contributed by atoms with Gasteiger partial charge in [-0.2, -0.15) is 0 Å². The molecule has 0 unspecified atom stereocenters. The van der Waals surface area contributed by atoms with Crippen LogP contribution in [0.5, 0.6) is 23.0 Å². The van der Waals surface area contributed by atoms with Gasteiger partial charge in [-0.3, -0.25) is 9.69 Å². The van der Waals surface area contributed by atoms with Crippen LogP contribution in [0.1, 0.15) is 11.3 Å². The summed E-state index contributed by atoms with van der Waals surface area (Å²) >= 11 is 0. The molecule has 0 fully saturated rings. The molecule has 152 valence electrons. The van der Waals surface area contributed by atoms with Crippen LogP contribution in [0.15, 0.2) is 45.6 Å². The highest BCUT2D eigenvalue weighted by molar-refractivity contribution is 5.83. The average molecular weight is 397 g/mol. The average Bonchev–Trinajstić information content (AvgIpc) is 2.75. The van der Waals surface area contributed by atoms with Gasteiger partial charge in [-0.15, -0.1) is 0 Å². The topological polar surface area (TPSA) is 70.4 Å². The van der Waals surface area contributed by atoms with Crippen LogP contribution in [0, 0.1) is 6.92 Å². The van der Waals surface area contributed by atoms with E-state index >= 15 is 0 Å². The zero-order chi connectivity index (χ0) is 20.4. The molecule has 0 N–H and O–H groups in total. The van der Waals surface area contributed by atoms with E-state index in [9.17, 15) is 4.79 Å². The van der Waals surface area contributed by atoms with E-state index in [0.29, 0.717) is 48.1 Å². The van der Waals surface area contributed by atoms with Gasteiger partial charge in [0, 0.05) is 26.3 Å². The zero-order valence-corrected chi connectivity index (χ0v) is 16.7. The van der Waals surface area contributed by atoms with Crippen LogP contribution >= 0.6 is 0 Å². The Balaban J connectivity index is 1.73. The molecule has 0 aliphatic carbocycles. The van der Waals surface area contributed by atoms with Gasteiger partial charge in [0.05, 0.1) is 24.7 Å². The van der Waals surface area contributed by atoms with Gasteiger partial charge in [-0.25, -0.2) is 0 Å². The molecule has 0 bridgehead atoms. The predicted octanol–water partition coefficient (Wildman–Crippen LogP) is 3.70. The fourth-order valence-corrected chi connectivity index (χ4v) is 3.37. The number of rotatable bonds is 6. The van der Waals surface area contributed by atoms with Crippen molar-refractivity contribution in [1.29, 1.82) is 0 Å². The van der Waals surface area contributed by atoms with Gasteiger partial charge in [0.15, 0.2) is 0 Å². The number of hydrogen-bond donors (Lipinski definition) is 0. The second kappa shape index (κ2) is 8.14. The SMILES string of the molecule is COCCN1COc2ccc3c(=O)c(Oc4cccc(OC)c4)c(C)oc3c2C1. The van der Waals surface area contributed by atoms with E-state index in [1.54, 1.807) is 45.4 Å². The predicted molar refractivity (Wildman–Crippen MR) is 108 cm³/mol. The second-order valence-electron chi connectivity index (χ2n) is 6.84. The summed E-state index contributed by atoms with van der Waals surface area (Å²) in [6.45, 7) is 4.15. The largest absolute Gasteiger partial charge is 0.497 e. The van der Waals surface area contributed by atoms with Gasteiger partial charge in [-0.05, 0) is 31.2 Å². The maximum Gasteiger partial charge on any atom is 0.235 e. The summed E-state index contributed by atoms with van der Waals surface area (Å²) in [7, 11) is 3.25. The normalized spacial score (nSPS) is 13.8. The van der Waals surface area contributed by atoms with Gasteiger partial charge in [0.1, 0.15) is 35.3 Å². The van der Waals surface area contributed by atoms with Crippen LogP contribution in [0.3, 0.4) is 0 Å². The van der Waals surface area contributed by atoms with Gasteiger partial charge >= 0.3 is 0 Å². The molecular formula is C22H23NO6. The van der Waals surface area contributed by atoms with Crippen molar-refractivity contribution < 1.29 is 23.4 Å². The molecule has 1 aliphatic heterocycles. The number of ether oxygens (including phenoxy) is 4. The first-order chi connectivity index (χ1) is 14.1. The highest BCUT2D eigenvalue weighted by Crippen LogP contribution is 2.34. The van der Waals surface area contributed by atoms with Gasteiger partial charge < -0.3 is 23.4 Å². The standard InChI is InChI=1S/C22H23NO6/c1-14-21(29-16-6-4-5-15(11-16)26-3)20(24)17-7-8-19-18(22(17)28-14)12-23(13-27-19)9-10-25-2/h4-8,11H,9-10,12-13H2,1-3H3. The molecule has 0 spiro atoms.